The molecule has 0 atom stereocenters. The Bertz CT molecular complexity index is 591. The summed E-state index contributed by atoms with van der Waals surface area (Å²) in [6, 6.07) is 7.78. The van der Waals surface area contributed by atoms with E-state index in [4.69, 9.17) is 5.11 Å². The summed E-state index contributed by atoms with van der Waals surface area (Å²) in [5, 5.41) is 8.69. The summed E-state index contributed by atoms with van der Waals surface area (Å²) in [4.78, 5) is 19.4. The van der Waals surface area contributed by atoms with Gasteiger partial charge in [-0.25, -0.2) is 9.97 Å². The molecule has 0 saturated heterocycles. The number of aryl methyl sites for hydroxylation is 2. The molecule has 4 nitrogen and oxygen atoms in total. The number of carbonyl (C=O) groups is 1. The number of hydrogen-bond donors (Lipinski definition) is 1. The minimum absolute atomic E-state index is 0.155. The Morgan fingerprint density at radius 2 is 1.68 bits per heavy atom. The molecule has 4 heteroatoms. The number of unbranched alkanes of at least 4 members (excludes halogenated alkanes) is 2. The fourth-order valence-electron chi connectivity index (χ4n) is 2.28. The van der Waals surface area contributed by atoms with Gasteiger partial charge in [0, 0.05) is 24.4 Å². The predicted molar refractivity (Wildman–Crippen MR) is 86.7 cm³/mol. The van der Waals surface area contributed by atoms with Crippen LogP contribution in [0, 0.1) is 0 Å². The third-order valence-corrected chi connectivity index (χ3v) is 3.61. The van der Waals surface area contributed by atoms with E-state index in [1.165, 1.54) is 24.8 Å². The number of carboxylic acid groups (broad SMARTS) is 1. The van der Waals surface area contributed by atoms with Crippen LogP contribution in [0.1, 0.15) is 43.7 Å². The predicted octanol–water partition coefficient (Wildman–Crippen LogP) is 3.89. The summed E-state index contributed by atoms with van der Waals surface area (Å²) in [6.07, 6.45) is 9.16. The second-order valence-electron chi connectivity index (χ2n) is 5.46. The summed E-state index contributed by atoms with van der Waals surface area (Å²) < 4.78 is 0. The molecule has 116 valence electrons. The standard InChI is InChI=1S/C18H22N2O2/c1-2-3-4-5-15-12-19-18(20-13-15)16-9-6-14(7-10-16)8-11-17(21)22/h6-7,9-10,12-13H,2-5,8,11H2,1H3,(H,21,22). The Balaban J connectivity index is 1.97. The van der Waals surface area contributed by atoms with E-state index in [9.17, 15) is 4.79 Å². The molecular weight excluding hydrogens is 276 g/mol. The molecule has 0 radical (unpaired) electrons. The summed E-state index contributed by atoms with van der Waals surface area (Å²) in [5.74, 6) is -0.0601. The molecule has 0 saturated carbocycles. The normalized spacial score (nSPS) is 10.6. The van der Waals surface area contributed by atoms with Crippen molar-refractivity contribution in [1.82, 2.24) is 9.97 Å². The van der Waals surface area contributed by atoms with Crippen LogP contribution in [0.25, 0.3) is 11.4 Å². The number of aromatic nitrogens is 2. The van der Waals surface area contributed by atoms with E-state index >= 15 is 0 Å². The Hall–Kier alpha value is -2.23. The molecule has 0 amide bonds. The van der Waals surface area contributed by atoms with Crippen molar-refractivity contribution in [2.75, 3.05) is 0 Å². The zero-order chi connectivity index (χ0) is 15.8. The van der Waals surface area contributed by atoms with Gasteiger partial charge in [-0.15, -0.1) is 0 Å². The van der Waals surface area contributed by atoms with Crippen LogP contribution in [0.4, 0.5) is 0 Å². The van der Waals surface area contributed by atoms with Crippen LogP contribution in [-0.2, 0) is 17.6 Å². The monoisotopic (exact) mass is 298 g/mol. The average Bonchev–Trinajstić information content (AvgIpc) is 2.54. The molecule has 0 unspecified atom stereocenters. The van der Waals surface area contributed by atoms with E-state index in [0.29, 0.717) is 12.2 Å². The van der Waals surface area contributed by atoms with Gasteiger partial charge in [0.15, 0.2) is 5.82 Å². The number of hydrogen-bond acceptors (Lipinski definition) is 3. The lowest BCUT2D eigenvalue weighted by Gasteiger charge is -2.04. The molecule has 1 N–H and O–H groups in total. The van der Waals surface area contributed by atoms with Gasteiger partial charge in [-0.3, -0.25) is 4.79 Å². The van der Waals surface area contributed by atoms with Crippen LogP contribution < -0.4 is 0 Å². The van der Waals surface area contributed by atoms with Gasteiger partial charge in [0.25, 0.3) is 0 Å². The molecule has 0 spiro atoms. The summed E-state index contributed by atoms with van der Waals surface area (Å²) in [6.45, 7) is 2.19. The molecule has 2 rings (SSSR count). The van der Waals surface area contributed by atoms with Crippen LogP contribution >= 0.6 is 0 Å². The maximum Gasteiger partial charge on any atom is 0.303 e. The van der Waals surface area contributed by atoms with Crippen molar-refractivity contribution in [2.24, 2.45) is 0 Å². The van der Waals surface area contributed by atoms with E-state index in [1.54, 1.807) is 0 Å². The summed E-state index contributed by atoms with van der Waals surface area (Å²) >= 11 is 0. The average molecular weight is 298 g/mol. The lowest BCUT2D eigenvalue weighted by Crippen LogP contribution is -1.97. The molecule has 1 aromatic heterocycles. The van der Waals surface area contributed by atoms with Crippen LogP contribution in [-0.4, -0.2) is 21.0 Å². The molecular formula is C18H22N2O2. The van der Waals surface area contributed by atoms with E-state index in [2.05, 4.69) is 16.9 Å². The molecule has 1 aromatic carbocycles. The largest absolute Gasteiger partial charge is 0.481 e. The van der Waals surface area contributed by atoms with E-state index < -0.39 is 5.97 Å². The van der Waals surface area contributed by atoms with E-state index in [0.717, 1.165) is 17.5 Å². The van der Waals surface area contributed by atoms with Gasteiger partial charge < -0.3 is 5.11 Å². The quantitative estimate of drug-likeness (QED) is 0.751. The zero-order valence-electron chi connectivity index (χ0n) is 13.0. The van der Waals surface area contributed by atoms with Gasteiger partial charge in [0.05, 0.1) is 0 Å². The van der Waals surface area contributed by atoms with Crippen molar-refractivity contribution in [1.29, 1.82) is 0 Å². The molecule has 0 aliphatic rings. The lowest BCUT2D eigenvalue weighted by molar-refractivity contribution is -0.136. The number of rotatable bonds is 8. The Morgan fingerprint density at radius 1 is 1.00 bits per heavy atom. The molecule has 2 aromatic rings. The minimum Gasteiger partial charge on any atom is -0.481 e. The molecule has 0 aliphatic heterocycles. The third-order valence-electron chi connectivity index (χ3n) is 3.61. The first kappa shape index (κ1) is 16.1. The fourth-order valence-corrected chi connectivity index (χ4v) is 2.28. The Kier molecular flexibility index (Phi) is 6.07. The molecule has 22 heavy (non-hydrogen) atoms. The van der Waals surface area contributed by atoms with Crippen LogP contribution in [0.15, 0.2) is 36.7 Å². The van der Waals surface area contributed by atoms with Crippen molar-refractivity contribution in [3.8, 4) is 11.4 Å². The van der Waals surface area contributed by atoms with Crippen molar-refractivity contribution in [2.45, 2.75) is 45.4 Å². The Morgan fingerprint density at radius 3 is 2.27 bits per heavy atom. The highest BCUT2D eigenvalue weighted by Gasteiger charge is 2.03. The maximum atomic E-state index is 10.6. The highest BCUT2D eigenvalue weighted by Crippen LogP contribution is 2.16. The third kappa shape index (κ3) is 4.95. The fraction of sp³-hybridized carbons (Fsp3) is 0.389. The first-order valence-corrected chi connectivity index (χ1v) is 7.81. The van der Waals surface area contributed by atoms with Gasteiger partial charge in [0.2, 0.25) is 0 Å². The summed E-state index contributed by atoms with van der Waals surface area (Å²) in [5.41, 5.74) is 3.15. The number of aliphatic carboxylic acids is 1. The smallest absolute Gasteiger partial charge is 0.303 e. The highest BCUT2D eigenvalue weighted by molar-refractivity contribution is 5.67. The van der Waals surface area contributed by atoms with Crippen LogP contribution in [0.5, 0.6) is 0 Å². The summed E-state index contributed by atoms with van der Waals surface area (Å²) in [7, 11) is 0. The van der Waals surface area contributed by atoms with Gasteiger partial charge in [-0.2, -0.15) is 0 Å². The number of nitrogens with zero attached hydrogens (tertiary/aromatic N) is 2. The van der Waals surface area contributed by atoms with E-state index in [1.807, 2.05) is 36.7 Å². The number of carboxylic acids is 1. The van der Waals surface area contributed by atoms with Crippen LogP contribution in [0.2, 0.25) is 0 Å². The van der Waals surface area contributed by atoms with Gasteiger partial charge >= 0.3 is 5.97 Å². The van der Waals surface area contributed by atoms with Crippen molar-refractivity contribution in [3.05, 3.63) is 47.8 Å². The highest BCUT2D eigenvalue weighted by atomic mass is 16.4. The molecule has 1 heterocycles. The second kappa shape index (κ2) is 8.27. The SMILES string of the molecule is CCCCCc1cnc(-c2ccc(CCC(=O)O)cc2)nc1. The van der Waals surface area contributed by atoms with Gasteiger partial charge in [-0.1, -0.05) is 44.0 Å². The van der Waals surface area contributed by atoms with Crippen LogP contribution in [0.3, 0.4) is 0 Å². The molecule has 0 aliphatic carbocycles. The van der Waals surface area contributed by atoms with Crippen molar-refractivity contribution >= 4 is 5.97 Å². The lowest BCUT2D eigenvalue weighted by atomic mass is 10.1. The van der Waals surface area contributed by atoms with E-state index in [-0.39, 0.29) is 6.42 Å². The van der Waals surface area contributed by atoms with Gasteiger partial charge in [-0.05, 0) is 30.4 Å². The second-order valence-corrected chi connectivity index (χ2v) is 5.46. The first-order valence-electron chi connectivity index (χ1n) is 7.81. The van der Waals surface area contributed by atoms with Gasteiger partial charge in [0.1, 0.15) is 0 Å². The van der Waals surface area contributed by atoms with Crippen molar-refractivity contribution < 1.29 is 9.90 Å². The van der Waals surface area contributed by atoms with Crippen molar-refractivity contribution in [3.63, 3.8) is 0 Å². The Labute approximate surface area is 131 Å². The first-order chi connectivity index (χ1) is 10.7. The maximum absolute atomic E-state index is 10.6. The molecule has 0 bridgehead atoms. The molecule has 0 fully saturated rings. The topological polar surface area (TPSA) is 63.1 Å². The number of benzene rings is 1. The zero-order valence-corrected chi connectivity index (χ0v) is 13.0. The minimum atomic E-state index is -0.772.